The molecule has 0 atom stereocenters. The zero-order valence-electron chi connectivity index (χ0n) is 12.2. The van der Waals surface area contributed by atoms with Crippen molar-refractivity contribution < 1.29 is 26.9 Å². The minimum atomic E-state index is -4.24. The molecular formula is C12H18N2O6S. The molecule has 0 radical (unpaired) electrons. The third-order valence-corrected chi connectivity index (χ3v) is 2.44. The van der Waals surface area contributed by atoms with Crippen molar-refractivity contribution in [2.24, 2.45) is 5.14 Å². The summed E-state index contributed by atoms with van der Waals surface area (Å²) in [5.74, 6) is 0.158. The standard InChI is InChI=1S/C12H18N2O6S/c1-12(2,3)19-11(15)14-9-6-5-8(18-4)7-10(9)20-21(13,16)17/h5-7H,1-4H3,(H,14,15)(H2,13,16,17). The second-order valence-electron chi connectivity index (χ2n) is 5.07. The molecule has 118 valence electrons. The van der Waals surface area contributed by atoms with Crippen molar-refractivity contribution in [3.05, 3.63) is 18.2 Å². The van der Waals surface area contributed by atoms with Crippen LogP contribution in [0.15, 0.2) is 18.2 Å². The summed E-state index contributed by atoms with van der Waals surface area (Å²) in [4.78, 5) is 11.7. The first kappa shape index (κ1) is 17.1. The van der Waals surface area contributed by atoms with Gasteiger partial charge in [-0.15, -0.1) is 0 Å². The summed E-state index contributed by atoms with van der Waals surface area (Å²) >= 11 is 0. The molecule has 0 saturated heterocycles. The van der Waals surface area contributed by atoms with Gasteiger partial charge in [-0.25, -0.2) is 4.79 Å². The van der Waals surface area contributed by atoms with Crippen LogP contribution in [-0.4, -0.2) is 27.2 Å². The Hall–Kier alpha value is -2.00. The highest BCUT2D eigenvalue weighted by Crippen LogP contribution is 2.30. The van der Waals surface area contributed by atoms with Crippen molar-refractivity contribution in [3.63, 3.8) is 0 Å². The van der Waals surface area contributed by atoms with E-state index < -0.39 is 22.0 Å². The molecule has 3 N–H and O–H groups in total. The van der Waals surface area contributed by atoms with E-state index in [0.29, 0.717) is 5.75 Å². The van der Waals surface area contributed by atoms with E-state index in [1.165, 1.54) is 25.3 Å². The van der Waals surface area contributed by atoms with E-state index in [2.05, 4.69) is 9.50 Å². The Kier molecular flexibility index (Phi) is 5.02. The molecule has 21 heavy (non-hydrogen) atoms. The lowest BCUT2D eigenvalue weighted by Gasteiger charge is -2.20. The van der Waals surface area contributed by atoms with Gasteiger partial charge in [-0.1, -0.05) is 0 Å². The Morgan fingerprint density at radius 1 is 1.29 bits per heavy atom. The number of methoxy groups -OCH3 is 1. The van der Waals surface area contributed by atoms with Gasteiger partial charge in [-0.3, -0.25) is 5.32 Å². The molecule has 8 nitrogen and oxygen atoms in total. The van der Waals surface area contributed by atoms with Gasteiger partial charge in [0, 0.05) is 6.07 Å². The predicted octanol–water partition coefficient (Wildman–Crippen LogP) is 1.62. The number of rotatable bonds is 4. The fourth-order valence-electron chi connectivity index (χ4n) is 1.34. The van der Waals surface area contributed by atoms with Crippen LogP contribution in [0.3, 0.4) is 0 Å². The smallest absolute Gasteiger partial charge is 0.412 e. The van der Waals surface area contributed by atoms with Crippen LogP contribution in [0, 0.1) is 0 Å². The first-order valence-corrected chi connectivity index (χ1v) is 7.37. The van der Waals surface area contributed by atoms with Gasteiger partial charge >= 0.3 is 16.4 Å². The van der Waals surface area contributed by atoms with Crippen molar-refractivity contribution in [1.29, 1.82) is 0 Å². The van der Waals surface area contributed by atoms with Gasteiger partial charge in [0.25, 0.3) is 0 Å². The molecule has 0 aliphatic carbocycles. The number of nitrogens with one attached hydrogen (secondary N) is 1. The molecule has 9 heteroatoms. The van der Waals surface area contributed by atoms with E-state index in [-0.39, 0.29) is 11.4 Å². The molecule has 0 aliphatic heterocycles. The fraction of sp³-hybridized carbons (Fsp3) is 0.417. The van der Waals surface area contributed by atoms with Gasteiger partial charge in [-0.2, -0.15) is 13.6 Å². The van der Waals surface area contributed by atoms with E-state index in [1.807, 2.05) is 0 Å². The maximum atomic E-state index is 11.7. The fourth-order valence-corrected chi connectivity index (χ4v) is 1.73. The lowest BCUT2D eigenvalue weighted by atomic mass is 10.2. The Bertz CT molecular complexity index is 621. The van der Waals surface area contributed by atoms with Crippen LogP contribution in [0.5, 0.6) is 11.5 Å². The first-order valence-electron chi connectivity index (χ1n) is 5.90. The van der Waals surface area contributed by atoms with Crippen LogP contribution in [0.4, 0.5) is 10.5 Å². The SMILES string of the molecule is COc1ccc(NC(=O)OC(C)(C)C)c(OS(N)(=O)=O)c1. The molecule has 0 fully saturated rings. The molecule has 0 saturated carbocycles. The summed E-state index contributed by atoms with van der Waals surface area (Å²) in [5.41, 5.74) is -0.614. The number of amides is 1. The van der Waals surface area contributed by atoms with Crippen molar-refractivity contribution in [2.75, 3.05) is 12.4 Å². The Labute approximate surface area is 123 Å². The first-order chi connectivity index (χ1) is 9.50. The van der Waals surface area contributed by atoms with E-state index in [9.17, 15) is 13.2 Å². The van der Waals surface area contributed by atoms with Gasteiger partial charge in [0.15, 0.2) is 5.75 Å². The lowest BCUT2D eigenvalue weighted by Crippen LogP contribution is -2.27. The van der Waals surface area contributed by atoms with Gasteiger partial charge in [0.05, 0.1) is 12.8 Å². The number of anilines is 1. The van der Waals surface area contributed by atoms with E-state index in [4.69, 9.17) is 14.6 Å². The van der Waals surface area contributed by atoms with Crippen molar-refractivity contribution in [2.45, 2.75) is 26.4 Å². The van der Waals surface area contributed by atoms with Crippen LogP contribution in [0.1, 0.15) is 20.8 Å². The normalized spacial score (nSPS) is 11.7. The third kappa shape index (κ3) is 6.32. The van der Waals surface area contributed by atoms with Gasteiger partial charge in [0.1, 0.15) is 11.4 Å². The molecule has 1 aromatic carbocycles. The minimum Gasteiger partial charge on any atom is -0.497 e. The molecule has 1 rings (SSSR count). The molecule has 0 spiro atoms. The molecule has 0 bridgehead atoms. The number of hydrogen-bond acceptors (Lipinski definition) is 6. The van der Waals surface area contributed by atoms with Crippen LogP contribution >= 0.6 is 0 Å². The Morgan fingerprint density at radius 2 is 1.90 bits per heavy atom. The van der Waals surface area contributed by atoms with Gasteiger partial charge < -0.3 is 13.7 Å². The summed E-state index contributed by atoms with van der Waals surface area (Å²) < 4.78 is 36.7. The number of hydrogen-bond donors (Lipinski definition) is 2. The molecule has 1 amide bonds. The lowest BCUT2D eigenvalue weighted by molar-refractivity contribution is 0.0635. The van der Waals surface area contributed by atoms with Crippen molar-refractivity contribution in [3.8, 4) is 11.5 Å². The monoisotopic (exact) mass is 318 g/mol. The number of benzene rings is 1. The highest BCUT2D eigenvalue weighted by atomic mass is 32.2. The summed E-state index contributed by atoms with van der Waals surface area (Å²) in [6.45, 7) is 5.09. The molecule has 1 aromatic rings. The highest BCUT2D eigenvalue weighted by molar-refractivity contribution is 7.84. The van der Waals surface area contributed by atoms with E-state index >= 15 is 0 Å². The van der Waals surface area contributed by atoms with Crippen LogP contribution in [0.25, 0.3) is 0 Å². The third-order valence-electron chi connectivity index (χ3n) is 2.03. The maximum Gasteiger partial charge on any atom is 0.412 e. The van der Waals surface area contributed by atoms with E-state index in [1.54, 1.807) is 20.8 Å². The second kappa shape index (κ2) is 6.19. The van der Waals surface area contributed by atoms with Crippen molar-refractivity contribution >= 4 is 22.1 Å². The zero-order chi connectivity index (χ0) is 16.3. The van der Waals surface area contributed by atoms with Gasteiger partial charge in [0.2, 0.25) is 0 Å². The summed E-state index contributed by atoms with van der Waals surface area (Å²) in [6.07, 6.45) is -0.757. The molecule has 0 aromatic heterocycles. The number of nitrogens with two attached hydrogens (primary N) is 1. The Balaban J connectivity index is 3.03. The summed E-state index contributed by atoms with van der Waals surface area (Å²) in [7, 11) is -2.84. The number of carbonyl (C=O) groups excluding carboxylic acids is 1. The van der Waals surface area contributed by atoms with Crippen LogP contribution in [0.2, 0.25) is 0 Å². The molecule has 0 aliphatic rings. The maximum absolute atomic E-state index is 11.7. The second-order valence-corrected chi connectivity index (χ2v) is 6.22. The largest absolute Gasteiger partial charge is 0.497 e. The highest BCUT2D eigenvalue weighted by Gasteiger charge is 2.19. The molecule has 0 unspecified atom stereocenters. The van der Waals surface area contributed by atoms with Crippen LogP contribution < -0.4 is 19.4 Å². The molecular weight excluding hydrogens is 300 g/mol. The predicted molar refractivity (Wildman–Crippen MR) is 76.6 cm³/mol. The van der Waals surface area contributed by atoms with Crippen molar-refractivity contribution in [1.82, 2.24) is 0 Å². The topological polar surface area (TPSA) is 117 Å². The minimum absolute atomic E-state index is 0.0825. The number of ether oxygens (including phenoxy) is 2. The Morgan fingerprint density at radius 3 is 2.38 bits per heavy atom. The van der Waals surface area contributed by atoms with Gasteiger partial charge in [-0.05, 0) is 32.9 Å². The molecule has 0 heterocycles. The summed E-state index contributed by atoms with van der Waals surface area (Å²) in [5, 5.41) is 7.20. The number of carbonyl (C=O) groups is 1. The zero-order valence-corrected chi connectivity index (χ0v) is 13.0. The average molecular weight is 318 g/mol. The van der Waals surface area contributed by atoms with E-state index in [0.717, 1.165) is 0 Å². The quantitative estimate of drug-likeness (QED) is 0.871. The average Bonchev–Trinajstić information content (AvgIpc) is 2.27. The van der Waals surface area contributed by atoms with Crippen LogP contribution in [-0.2, 0) is 15.0 Å². The summed E-state index contributed by atoms with van der Waals surface area (Å²) in [6, 6.07) is 4.20.